The lowest BCUT2D eigenvalue weighted by Crippen LogP contribution is -2.65. The number of nitrogens with two attached hydrogens (primary N) is 1. The smallest absolute Gasteiger partial charge is 0.255 e. The standard InChI is InChI=1S/C27H34N2O7/c1-12(2)6-5-7-13-8-9-17(30)19-15(13)10-14-11-16-21(29(3)4)23(32)20(26(28)35)25(34)27(16,36)24(33)18(14)22(19)31/h8-9,12,14,16,21,30-31,34,36H,5-7,10-11H2,1-4H3,(H2,28,35)/t14-,16-,21-,27-/m0/s1. The Hall–Kier alpha value is -3.17. The van der Waals surface area contributed by atoms with Crippen LogP contribution in [0.5, 0.6) is 5.75 Å². The van der Waals surface area contributed by atoms with Gasteiger partial charge in [-0.2, -0.15) is 0 Å². The number of fused-ring (bicyclic) bond motifs is 3. The van der Waals surface area contributed by atoms with Crippen LogP contribution in [-0.4, -0.2) is 68.5 Å². The van der Waals surface area contributed by atoms with Gasteiger partial charge < -0.3 is 26.2 Å². The van der Waals surface area contributed by atoms with E-state index in [1.165, 1.54) is 11.0 Å². The van der Waals surface area contributed by atoms with Gasteiger partial charge >= 0.3 is 0 Å². The number of aliphatic hydroxyl groups is 3. The molecular formula is C27H34N2O7. The number of benzene rings is 1. The van der Waals surface area contributed by atoms with E-state index >= 15 is 0 Å². The number of amides is 1. The van der Waals surface area contributed by atoms with Crippen molar-refractivity contribution in [3.8, 4) is 5.75 Å². The fraction of sp³-hybridized carbons (Fsp3) is 0.519. The molecular weight excluding hydrogens is 464 g/mol. The number of aromatic hydroxyl groups is 1. The van der Waals surface area contributed by atoms with Crippen LogP contribution in [0, 0.1) is 17.8 Å². The molecule has 4 atom stereocenters. The quantitative estimate of drug-likeness (QED) is 0.372. The maximum atomic E-state index is 13.8. The van der Waals surface area contributed by atoms with Crippen molar-refractivity contribution in [1.82, 2.24) is 4.90 Å². The zero-order valence-electron chi connectivity index (χ0n) is 21.0. The molecule has 0 unspecified atom stereocenters. The number of aliphatic hydroxyl groups excluding tert-OH is 2. The second-order valence-electron chi connectivity index (χ2n) is 10.8. The van der Waals surface area contributed by atoms with Gasteiger partial charge in [0.05, 0.1) is 11.6 Å². The molecule has 1 aromatic carbocycles. The number of aryl methyl sites for hydroxylation is 1. The van der Waals surface area contributed by atoms with Crippen molar-refractivity contribution < 1.29 is 34.8 Å². The highest BCUT2D eigenvalue weighted by molar-refractivity contribution is 6.24. The summed E-state index contributed by atoms with van der Waals surface area (Å²) >= 11 is 0. The van der Waals surface area contributed by atoms with Crippen LogP contribution >= 0.6 is 0 Å². The molecule has 9 nitrogen and oxygen atoms in total. The Morgan fingerprint density at radius 1 is 1.19 bits per heavy atom. The third-order valence-corrected chi connectivity index (χ3v) is 7.93. The molecule has 0 heterocycles. The molecule has 0 aromatic heterocycles. The number of rotatable bonds is 6. The van der Waals surface area contributed by atoms with Gasteiger partial charge in [-0.25, -0.2) is 0 Å². The largest absolute Gasteiger partial charge is 0.508 e. The zero-order chi connectivity index (χ0) is 26.7. The van der Waals surface area contributed by atoms with E-state index in [-0.39, 0.29) is 23.3 Å². The molecule has 1 saturated carbocycles. The van der Waals surface area contributed by atoms with E-state index in [0.717, 1.165) is 30.4 Å². The summed E-state index contributed by atoms with van der Waals surface area (Å²) in [7, 11) is 3.16. The van der Waals surface area contributed by atoms with Crippen LogP contribution in [0.25, 0.3) is 5.76 Å². The number of likely N-dealkylation sites (N-methyl/N-ethyl adjacent to an activating group) is 1. The number of Topliss-reactive ketones (excluding diaryl/α,β-unsaturated/α-hetero) is 2. The number of carbonyl (C=O) groups is 3. The van der Waals surface area contributed by atoms with Crippen molar-refractivity contribution in [3.63, 3.8) is 0 Å². The Bertz CT molecular complexity index is 1210. The maximum absolute atomic E-state index is 13.8. The molecule has 0 aliphatic heterocycles. The third-order valence-electron chi connectivity index (χ3n) is 7.93. The number of primary amides is 1. The lowest BCUT2D eigenvalue weighted by molar-refractivity contribution is -0.153. The normalized spacial score (nSPS) is 27.9. The summed E-state index contributed by atoms with van der Waals surface area (Å²) in [5.41, 5.74) is 3.63. The minimum Gasteiger partial charge on any atom is -0.508 e. The van der Waals surface area contributed by atoms with Crippen LogP contribution < -0.4 is 5.73 Å². The number of nitrogens with zero attached hydrogens (tertiary/aromatic N) is 1. The maximum Gasteiger partial charge on any atom is 0.255 e. The Kier molecular flexibility index (Phi) is 6.51. The van der Waals surface area contributed by atoms with E-state index in [4.69, 9.17) is 5.73 Å². The van der Waals surface area contributed by atoms with Gasteiger partial charge in [0.15, 0.2) is 11.4 Å². The lowest BCUT2D eigenvalue weighted by Gasteiger charge is -2.50. The molecule has 0 spiro atoms. The fourth-order valence-electron chi connectivity index (χ4n) is 6.24. The fourth-order valence-corrected chi connectivity index (χ4v) is 6.24. The highest BCUT2D eigenvalue weighted by Gasteiger charge is 2.64. The first-order chi connectivity index (χ1) is 16.8. The molecule has 9 heteroatoms. The van der Waals surface area contributed by atoms with Crippen LogP contribution in [0.2, 0.25) is 0 Å². The first-order valence-corrected chi connectivity index (χ1v) is 12.3. The van der Waals surface area contributed by atoms with Gasteiger partial charge in [-0.15, -0.1) is 0 Å². The van der Waals surface area contributed by atoms with Crippen molar-refractivity contribution >= 4 is 23.2 Å². The first kappa shape index (κ1) is 25.9. The van der Waals surface area contributed by atoms with E-state index in [0.29, 0.717) is 12.3 Å². The van der Waals surface area contributed by atoms with Crippen molar-refractivity contribution in [3.05, 3.63) is 45.7 Å². The third kappa shape index (κ3) is 3.72. The summed E-state index contributed by atoms with van der Waals surface area (Å²) in [6.07, 6.45) is 3.08. The van der Waals surface area contributed by atoms with E-state index in [2.05, 4.69) is 13.8 Å². The van der Waals surface area contributed by atoms with Crippen molar-refractivity contribution in [2.45, 2.75) is 57.6 Å². The van der Waals surface area contributed by atoms with E-state index in [1.807, 2.05) is 6.07 Å². The highest BCUT2D eigenvalue weighted by Crippen LogP contribution is 2.53. The lowest BCUT2D eigenvalue weighted by atomic mass is 9.57. The van der Waals surface area contributed by atoms with E-state index < -0.39 is 58.0 Å². The number of hydrogen-bond donors (Lipinski definition) is 5. The zero-order valence-corrected chi connectivity index (χ0v) is 21.0. The minimum absolute atomic E-state index is 0.0901. The van der Waals surface area contributed by atoms with E-state index in [9.17, 15) is 34.8 Å². The predicted molar refractivity (Wildman–Crippen MR) is 132 cm³/mol. The van der Waals surface area contributed by atoms with Gasteiger partial charge in [-0.1, -0.05) is 26.3 Å². The monoisotopic (exact) mass is 498 g/mol. The molecule has 6 N–H and O–H groups in total. The summed E-state index contributed by atoms with van der Waals surface area (Å²) in [5.74, 6) is -5.81. The van der Waals surface area contributed by atoms with Crippen molar-refractivity contribution in [2.75, 3.05) is 14.1 Å². The van der Waals surface area contributed by atoms with Crippen LogP contribution in [0.15, 0.2) is 29.0 Å². The van der Waals surface area contributed by atoms with Crippen LogP contribution in [0.4, 0.5) is 0 Å². The molecule has 3 aliphatic carbocycles. The second-order valence-corrected chi connectivity index (χ2v) is 10.8. The van der Waals surface area contributed by atoms with Crippen LogP contribution in [0.1, 0.15) is 49.8 Å². The highest BCUT2D eigenvalue weighted by atomic mass is 16.3. The minimum atomic E-state index is -2.62. The van der Waals surface area contributed by atoms with Gasteiger partial charge in [-0.05, 0) is 68.8 Å². The molecule has 1 aromatic rings. The van der Waals surface area contributed by atoms with Gasteiger partial charge in [0.2, 0.25) is 5.78 Å². The summed E-state index contributed by atoms with van der Waals surface area (Å²) in [6.45, 7) is 4.28. The number of phenolic OH excluding ortho intramolecular Hbond substituents is 1. The Morgan fingerprint density at radius 3 is 2.44 bits per heavy atom. The number of ketones is 2. The number of hydrogen-bond acceptors (Lipinski definition) is 8. The second kappa shape index (κ2) is 9.05. The average molecular weight is 499 g/mol. The van der Waals surface area contributed by atoms with Crippen LogP contribution in [-0.2, 0) is 27.2 Å². The number of carbonyl (C=O) groups excluding carboxylic acids is 3. The molecule has 36 heavy (non-hydrogen) atoms. The molecule has 1 amide bonds. The average Bonchev–Trinajstić information content (AvgIpc) is 2.77. The molecule has 194 valence electrons. The molecule has 0 radical (unpaired) electrons. The molecule has 0 bridgehead atoms. The summed E-state index contributed by atoms with van der Waals surface area (Å²) in [6, 6.07) is 2.22. The van der Waals surface area contributed by atoms with Crippen molar-refractivity contribution in [2.24, 2.45) is 23.5 Å². The van der Waals surface area contributed by atoms with Gasteiger partial charge in [0.1, 0.15) is 22.8 Å². The Balaban J connectivity index is 1.88. The molecule has 1 fully saturated rings. The van der Waals surface area contributed by atoms with Gasteiger partial charge in [-0.3, -0.25) is 19.3 Å². The van der Waals surface area contributed by atoms with Gasteiger partial charge in [0.25, 0.3) is 5.91 Å². The number of phenols is 1. The topological polar surface area (TPSA) is 161 Å². The Labute approximate surface area is 209 Å². The summed E-state index contributed by atoms with van der Waals surface area (Å²) in [5, 5.41) is 44.4. The molecule has 0 saturated heterocycles. The van der Waals surface area contributed by atoms with E-state index in [1.54, 1.807) is 14.1 Å². The van der Waals surface area contributed by atoms with Crippen LogP contribution in [0.3, 0.4) is 0 Å². The van der Waals surface area contributed by atoms with Crippen molar-refractivity contribution in [1.29, 1.82) is 0 Å². The summed E-state index contributed by atoms with van der Waals surface area (Å²) in [4.78, 5) is 40.5. The SMILES string of the molecule is CC(C)CCCc1ccc(O)c2c1C[C@H]1C[C@H]3[C@H](N(C)C)C(=O)C(C(N)=O)=C(O)[C@@]3(O)C(=O)C1=C2O. The molecule has 4 rings (SSSR count). The summed E-state index contributed by atoms with van der Waals surface area (Å²) < 4.78 is 0. The first-order valence-electron chi connectivity index (χ1n) is 12.3. The van der Waals surface area contributed by atoms with Gasteiger partial charge in [0, 0.05) is 11.5 Å². The Morgan fingerprint density at radius 2 is 1.86 bits per heavy atom. The predicted octanol–water partition coefficient (Wildman–Crippen LogP) is 1.94. The molecule has 3 aliphatic rings.